The Morgan fingerprint density at radius 3 is 2.58 bits per heavy atom. The van der Waals surface area contributed by atoms with Crippen molar-refractivity contribution in [2.45, 2.75) is 13.0 Å². The monoisotopic (exact) mass is 339 g/mol. The maximum atomic E-state index is 11.8. The number of benzene rings is 1. The molecule has 5 heteroatoms. The first-order valence-corrected chi connectivity index (χ1v) is 7.42. The summed E-state index contributed by atoms with van der Waals surface area (Å²) in [5.41, 5.74) is 0.977. The van der Waals surface area contributed by atoms with E-state index in [1.165, 1.54) is 0 Å². The van der Waals surface area contributed by atoms with Crippen LogP contribution < -0.4 is 10.1 Å². The van der Waals surface area contributed by atoms with Gasteiger partial charge in [-0.15, -0.1) is 11.3 Å². The minimum Gasteiger partial charge on any atom is -0.497 e. The first kappa shape index (κ1) is 14.1. The molecule has 0 saturated heterocycles. The minimum atomic E-state index is 0.0229. The fraction of sp³-hybridized carbons (Fsp3) is 0.214. The lowest BCUT2D eigenvalue weighted by atomic mass is 10.1. The Labute approximate surface area is 124 Å². The van der Waals surface area contributed by atoms with E-state index in [-0.39, 0.29) is 5.91 Å². The van der Waals surface area contributed by atoms with Crippen molar-refractivity contribution in [2.75, 3.05) is 7.11 Å². The Hall–Kier alpha value is -1.33. The van der Waals surface area contributed by atoms with Crippen molar-refractivity contribution in [1.82, 2.24) is 5.32 Å². The number of halogens is 1. The second-order valence-corrected chi connectivity index (χ2v) is 6.55. The summed E-state index contributed by atoms with van der Waals surface area (Å²) in [6.07, 6.45) is 0.385. The third-order valence-electron chi connectivity index (χ3n) is 2.61. The predicted octanol–water partition coefficient (Wildman–Crippen LogP) is 3.38. The van der Waals surface area contributed by atoms with E-state index in [0.29, 0.717) is 13.0 Å². The molecule has 100 valence electrons. The summed E-state index contributed by atoms with van der Waals surface area (Å²) in [5, 5.41) is 2.91. The van der Waals surface area contributed by atoms with E-state index in [0.717, 1.165) is 20.0 Å². The van der Waals surface area contributed by atoms with E-state index in [1.54, 1.807) is 18.4 Å². The summed E-state index contributed by atoms with van der Waals surface area (Å²) in [5.74, 6) is 0.822. The zero-order chi connectivity index (χ0) is 13.7. The summed E-state index contributed by atoms with van der Waals surface area (Å²) in [6, 6.07) is 11.5. The highest BCUT2D eigenvalue weighted by Crippen LogP contribution is 2.21. The number of nitrogens with one attached hydrogen (secondary N) is 1. The number of thiophene rings is 1. The summed E-state index contributed by atoms with van der Waals surface area (Å²) >= 11 is 5.03. The van der Waals surface area contributed by atoms with Crippen LogP contribution in [0.25, 0.3) is 0 Å². The van der Waals surface area contributed by atoms with Gasteiger partial charge in [-0.3, -0.25) is 4.79 Å². The van der Waals surface area contributed by atoms with Crippen LogP contribution in [0.5, 0.6) is 5.75 Å². The SMILES string of the molecule is COc1ccc(CC(=O)NCc2ccc(Br)s2)cc1. The molecule has 0 atom stereocenters. The average Bonchev–Trinajstić information content (AvgIpc) is 2.83. The summed E-state index contributed by atoms with van der Waals surface area (Å²) in [4.78, 5) is 12.9. The van der Waals surface area contributed by atoms with Crippen molar-refractivity contribution in [3.8, 4) is 5.75 Å². The van der Waals surface area contributed by atoms with Crippen LogP contribution in [0.4, 0.5) is 0 Å². The smallest absolute Gasteiger partial charge is 0.224 e. The Morgan fingerprint density at radius 1 is 1.26 bits per heavy atom. The Morgan fingerprint density at radius 2 is 2.00 bits per heavy atom. The van der Waals surface area contributed by atoms with E-state index in [9.17, 15) is 4.79 Å². The van der Waals surface area contributed by atoms with Crippen molar-refractivity contribution < 1.29 is 9.53 Å². The normalized spacial score (nSPS) is 10.2. The molecule has 19 heavy (non-hydrogen) atoms. The van der Waals surface area contributed by atoms with Gasteiger partial charge in [0, 0.05) is 4.88 Å². The highest BCUT2D eigenvalue weighted by molar-refractivity contribution is 9.11. The zero-order valence-corrected chi connectivity index (χ0v) is 12.9. The predicted molar refractivity (Wildman–Crippen MR) is 80.6 cm³/mol. The van der Waals surface area contributed by atoms with E-state index in [4.69, 9.17) is 4.74 Å². The molecule has 2 rings (SSSR count). The van der Waals surface area contributed by atoms with Crippen LogP contribution in [-0.4, -0.2) is 13.0 Å². The quantitative estimate of drug-likeness (QED) is 0.906. The van der Waals surface area contributed by atoms with Crippen molar-refractivity contribution in [3.05, 3.63) is 50.6 Å². The van der Waals surface area contributed by atoms with Gasteiger partial charge in [0.05, 0.1) is 23.9 Å². The van der Waals surface area contributed by atoms with Gasteiger partial charge in [-0.2, -0.15) is 0 Å². The molecular weight excluding hydrogens is 326 g/mol. The van der Waals surface area contributed by atoms with Gasteiger partial charge in [0.2, 0.25) is 5.91 Å². The number of methoxy groups -OCH3 is 1. The number of rotatable bonds is 5. The third-order valence-corrected chi connectivity index (χ3v) is 4.24. The van der Waals surface area contributed by atoms with Gasteiger partial charge in [-0.25, -0.2) is 0 Å². The van der Waals surface area contributed by atoms with Gasteiger partial charge in [-0.1, -0.05) is 12.1 Å². The van der Waals surface area contributed by atoms with E-state index in [2.05, 4.69) is 21.2 Å². The lowest BCUT2D eigenvalue weighted by molar-refractivity contribution is -0.120. The van der Waals surface area contributed by atoms with Gasteiger partial charge in [-0.05, 0) is 45.8 Å². The minimum absolute atomic E-state index is 0.0229. The van der Waals surface area contributed by atoms with Crippen LogP contribution in [0.2, 0.25) is 0 Å². The third kappa shape index (κ3) is 4.36. The van der Waals surface area contributed by atoms with E-state index < -0.39 is 0 Å². The lowest BCUT2D eigenvalue weighted by Gasteiger charge is -2.05. The van der Waals surface area contributed by atoms with Crippen LogP contribution in [0, 0.1) is 0 Å². The largest absolute Gasteiger partial charge is 0.497 e. The maximum absolute atomic E-state index is 11.8. The molecule has 0 aliphatic carbocycles. The van der Waals surface area contributed by atoms with Crippen molar-refractivity contribution in [2.24, 2.45) is 0 Å². The second kappa shape index (κ2) is 6.73. The maximum Gasteiger partial charge on any atom is 0.224 e. The van der Waals surface area contributed by atoms with Crippen LogP contribution in [0.3, 0.4) is 0 Å². The van der Waals surface area contributed by atoms with Crippen LogP contribution in [0.1, 0.15) is 10.4 Å². The van der Waals surface area contributed by atoms with Crippen molar-refractivity contribution >= 4 is 33.2 Å². The molecule has 1 N–H and O–H groups in total. The van der Waals surface area contributed by atoms with Gasteiger partial charge >= 0.3 is 0 Å². The van der Waals surface area contributed by atoms with Gasteiger partial charge in [0.1, 0.15) is 5.75 Å². The first-order chi connectivity index (χ1) is 9.17. The zero-order valence-electron chi connectivity index (χ0n) is 10.5. The van der Waals surface area contributed by atoms with Crippen LogP contribution in [-0.2, 0) is 17.8 Å². The molecule has 0 spiro atoms. The van der Waals surface area contributed by atoms with E-state index in [1.807, 2.05) is 36.4 Å². The summed E-state index contributed by atoms with van der Waals surface area (Å²) in [6.45, 7) is 0.575. The highest BCUT2D eigenvalue weighted by Gasteiger charge is 2.04. The number of hydrogen-bond donors (Lipinski definition) is 1. The molecule has 1 aromatic heterocycles. The molecule has 0 radical (unpaired) electrons. The molecular formula is C14H14BrNO2S. The Kier molecular flexibility index (Phi) is 4.99. The number of hydrogen-bond acceptors (Lipinski definition) is 3. The number of carbonyl (C=O) groups is 1. The molecule has 0 aliphatic rings. The highest BCUT2D eigenvalue weighted by atomic mass is 79.9. The van der Waals surface area contributed by atoms with Crippen LogP contribution in [0.15, 0.2) is 40.2 Å². The molecule has 0 unspecified atom stereocenters. The molecule has 1 heterocycles. The van der Waals surface area contributed by atoms with Gasteiger partial charge in [0.25, 0.3) is 0 Å². The molecule has 0 fully saturated rings. The second-order valence-electron chi connectivity index (χ2n) is 4.01. The van der Waals surface area contributed by atoms with Gasteiger partial charge in [0.15, 0.2) is 0 Å². The number of amides is 1. The first-order valence-electron chi connectivity index (χ1n) is 5.81. The molecule has 3 nitrogen and oxygen atoms in total. The Balaban J connectivity index is 1.83. The van der Waals surface area contributed by atoms with Crippen LogP contribution >= 0.6 is 27.3 Å². The fourth-order valence-corrected chi connectivity index (χ4v) is 3.05. The van der Waals surface area contributed by atoms with E-state index >= 15 is 0 Å². The molecule has 1 aromatic carbocycles. The fourth-order valence-electron chi connectivity index (χ4n) is 1.62. The van der Waals surface area contributed by atoms with Crippen molar-refractivity contribution in [1.29, 1.82) is 0 Å². The number of carbonyl (C=O) groups excluding carboxylic acids is 1. The molecule has 2 aromatic rings. The molecule has 0 bridgehead atoms. The summed E-state index contributed by atoms with van der Waals surface area (Å²) < 4.78 is 6.15. The van der Waals surface area contributed by atoms with Crippen molar-refractivity contribution in [3.63, 3.8) is 0 Å². The summed E-state index contributed by atoms with van der Waals surface area (Å²) in [7, 11) is 1.63. The molecule has 0 aliphatic heterocycles. The molecule has 0 saturated carbocycles. The standard InChI is InChI=1S/C14H14BrNO2S/c1-18-11-4-2-10(3-5-11)8-14(17)16-9-12-6-7-13(15)19-12/h2-7H,8-9H2,1H3,(H,16,17). The Bertz CT molecular complexity index is 551. The van der Waals surface area contributed by atoms with Gasteiger partial charge < -0.3 is 10.1 Å². The number of ether oxygens (including phenoxy) is 1. The average molecular weight is 340 g/mol. The topological polar surface area (TPSA) is 38.3 Å². The lowest BCUT2D eigenvalue weighted by Crippen LogP contribution is -2.24. The molecule has 1 amide bonds.